The Labute approximate surface area is 143 Å². The van der Waals surface area contributed by atoms with Crippen molar-refractivity contribution in [2.45, 2.75) is 90.8 Å². The number of oxime groups is 1. The predicted octanol–water partition coefficient (Wildman–Crippen LogP) is 6.33. The van der Waals surface area contributed by atoms with E-state index in [0.717, 1.165) is 6.42 Å². The first-order chi connectivity index (χ1) is 10.5. The van der Waals surface area contributed by atoms with Crippen molar-refractivity contribution in [2.24, 2.45) is 5.16 Å². The fraction of sp³-hybridized carbons (Fsp3) is 0.941. The number of unbranched alkanes of at least 4 members (excludes halogenated alkanes) is 8. The maximum Gasteiger partial charge on any atom is 0.222 e. The van der Waals surface area contributed by atoms with Crippen molar-refractivity contribution in [3.8, 4) is 0 Å². The number of hydrogen-bond acceptors (Lipinski definition) is 3. The molecule has 0 aliphatic carbocycles. The van der Waals surface area contributed by atoms with Crippen molar-refractivity contribution < 1.29 is 9.57 Å². The molecule has 0 aromatic carbocycles. The summed E-state index contributed by atoms with van der Waals surface area (Å²) in [5.41, 5.74) is 0. The van der Waals surface area contributed by atoms with Gasteiger partial charge in [0.05, 0.1) is 6.61 Å². The second-order valence-corrected chi connectivity index (χ2v) is 13.5. The summed E-state index contributed by atoms with van der Waals surface area (Å²) < 4.78 is 5.18. The molecule has 0 saturated heterocycles. The Morgan fingerprint density at radius 2 is 1.41 bits per heavy atom. The van der Waals surface area contributed by atoms with E-state index in [1.807, 2.05) is 13.8 Å². The molecule has 0 amide bonds. The molecule has 0 fully saturated rings. The van der Waals surface area contributed by atoms with Gasteiger partial charge in [-0.3, -0.25) is 0 Å². The van der Waals surface area contributed by atoms with E-state index in [1.54, 1.807) is 0 Å². The Morgan fingerprint density at radius 3 is 1.91 bits per heavy atom. The Hall–Kier alpha value is -0.223. The third-order valence-corrected chi connectivity index (χ3v) is 5.66. The molecule has 0 aromatic rings. The van der Waals surface area contributed by atoms with Gasteiger partial charge >= 0.3 is 0 Å². The van der Waals surface area contributed by atoms with Crippen molar-refractivity contribution >= 4 is 24.4 Å². The van der Waals surface area contributed by atoms with Gasteiger partial charge in [0.2, 0.25) is 5.90 Å². The van der Waals surface area contributed by atoms with Crippen LogP contribution < -0.4 is 0 Å². The van der Waals surface area contributed by atoms with E-state index in [-0.39, 0.29) is 0 Å². The Balaban J connectivity index is 3.16. The monoisotopic (exact) mass is 349 g/mol. The van der Waals surface area contributed by atoms with Gasteiger partial charge in [-0.05, 0) is 25.8 Å². The molecule has 0 aliphatic heterocycles. The van der Waals surface area contributed by atoms with Crippen LogP contribution in [0.15, 0.2) is 5.16 Å². The van der Waals surface area contributed by atoms with Crippen molar-refractivity contribution in [2.75, 3.05) is 13.2 Å². The molecule has 3 nitrogen and oxygen atoms in total. The van der Waals surface area contributed by atoms with Crippen LogP contribution in [0, 0.1) is 0 Å². The standard InChI is InChI=1S/C17H36ClNO2Si/c1-5-20-17(2)19-21-15-13-11-9-7-6-8-10-12-14-16-22(3,4)18/h5-16H2,1-4H3. The average molecular weight is 350 g/mol. The Bertz CT molecular complexity index is 280. The van der Waals surface area contributed by atoms with Gasteiger partial charge in [-0.15, -0.1) is 0 Å². The normalized spacial score (nSPS) is 12.5. The van der Waals surface area contributed by atoms with E-state index in [4.69, 9.17) is 20.7 Å². The summed E-state index contributed by atoms with van der Waals surface area (Å²) in [5.74, 6) is 0.614. The first-order valence-corrected chi connectivity index (χ1v) is 13.2. The molecule has 0 aliphatic rings. The highest BCUT2D eigenvalue weighted by molar-refractivity contribution is 7.19. The van der Waals surface area contributed by atoms with Gasteiger partial charge in [0, 0.05) is 6.92 Å². The SMILES string of the molecule is CCOC(C)=NOCCCCCCCCCCC[Si](C)(C)Cl. The maximum atomic E-state index is 6.31. The number of ether oxygens (including phenoxy) is 1. The van der Waals surface area contributed by atoms with Gasteiger partial charge in [0.1, 0.15) is 14.0 Å². The van der Waals surface area contributed by atoms with Crippen LogP contribution in [-0.2, 0) is 9.57 Å². The summed E-state index contributed by atoms with van der Waals surface area (Å²) in [5, 5.41) is 3.89. The van der Waals surface area contributed by atoms with E-state index in [2.05, 4.69) is 18.2 Å². The highest BCUT2D eigenvalue weighted by Crippen LogP contribution is 2.19. The lowest BCUT2D eigenvalue weighted by atomic mass is 10.1. The van der Waals surface area contributed by atoms with Gasteiger partial charge in [-0.1, -0.05) is 63.2 Å². The average Bonchev–Trinajstić information content (AvgIpc) is 2.43. The fourth-order valence-electron chi connectivity index (χ4n) is 2.32. The molecule has 0 aromatic heterocycles. The molecule has 22 heavy (non-hydrogen) atoms. The van der Waals surface area contributed by atoms with Crippen molar-refractivity contribution in [1.82, 2.24) is 0 Å². The third-order valence-electron chi connectivity index (χ3n) is 3.55. The number of halogens is 1. The third kappa shape index (κ3) is 17.8. The fourth-order valence-corrected chi connectivity index (χ4v) is 3.81. The highest BCUT2D eigenvalue weighted by atomic mass is 35.6. The minimum atomic E-state index is -1.32. The summed E-state index contributed by atoms with van der Waals surface area (Å²) in [6.45, 7) is 9.58. The zero-order valence-electron chi connectivity index (χ0n) is 15.1. The largest absolute Gasteiger partial charge is 0.479 e. The van der Waals surface area contributed by atoms with E-state index in [9.17, 15) is 0 Å². The van der Waals surface area contributed by atoms with Crippen LogP contribution in [0.4, 0.5) is 0 Å². The molecule has 0 heterocycles. The van der Waals surface area contributed by atoms with Crippen LogP contribution in [-0.4, -0.2) is 26.5 Å². The first-order valence-electron chi connectivity index (χ1n) is 8.94. The topological polar surface area (TPSA) is 30.8 Å². The smallest absolute Gasteiger partial charge is 0.222 e. The Morgan fingerprint density at radius 1 is 0.909 bits per heavy atom. The molecule has 0 atom stereocenters. The minimum absolute atomic E-state index is 0.614. The van der Waals surface area contributed by atoms with Crippen LogP contribution in [0.5, 0.6) is 0 Å². The lowest BCUT2D eigenvalue weighted by molar-refractivity contribution is 0.128. The molecule has 0 rings (SSSR count). The van der Waals surface area contributed by atoms with Crippen molar-refractivity contribution in [1.29, 1.82) is 0 Å². The molecule has 5 heteroatoms. The second-order valence-electron chi connectivity index (χ2n) is 6.53. The lowest BCUT2D eigenvalue weighted by Gasteiger charge is -2.11. The molecular weight excluding hydrogens is 314 g/mol. The summed E-state index contributed by atoms with van der Waals surface area (Å²) in [7, 11) is -1.32. The van der Waals surface area contributed by atoms with Crippen molar-refractivity contribution in [3.63, 3.8) is 0 Å². The van der Waals surface area contributed by atoms with Gasteiger partial charge in [0.25, 0.3) is 0 Å². The number of rotatable bonds is 14. The first kappa shape index (κ1) is 21.8. The van der Waals surface area contributed by atoms with Gasteiger partial charge < -0.3 is 9.57 Å². The summed E-state index contributed by atoms with van der Waals surface area (Å²) in [6.07, 6.45) is 11.7. The zero-order chi connectivity index (χ0) is 16.7. The predicted molar refractivity (Wildman–Crippen MR) is 100 cm³/mol. The molecular formula is C17H36ClNO2Si. The summed E-state index contributed by atoms with van der Waals surface area (Å²) >= 11 is 6.31. The molecule has 132 valence electrons. The summed E-state index contributed by atoms with van der Waals surface area (Å²) in [6, 6.07) is 1.26. The van der Waals surface area contributed by atoms with Crippen LogP contribution in [0.3, 0.4) is 0 Å². The van der Waals surface area contributed by atoms with Crippen molar-refractivity contribution in [3.05, 3.63) is 0 Å². The Kier molecular flexibility index (Phi) is 14.2. The van der Waals surface area contributed by atoms with E-state index in [1.165, 1.54) is 57.4 Å². The van der Waals surface area contributed by atoms with Gasteiger partial charge in [0.15, 0.2) is 0 Å². The van der Waals surface area contributed by atoms with Crippen LogP contribution in [0.1, 0.15) is 71.6 Å². The van der Waals surface area contributed by atoms with Gasteiger partial charge in [-0.2, -0.15) is 11.1 Å². The van der Waals surface area contributed by atoms with Gasteiger partial charge in [-0.25, -0.2) is 0 Å². The molecule has 0 radical (unpaired) electrons. The highest BCUT2D eigenvalue weighted by Gasteiger charge is 2.15. The van der Waals surface area contributed by atoms with E-state index < -0.39 is 7.38 Å². The molecule has 0 N–H and O–H groups in total. The minimum Gasteiger partial charge on any atom is -0.479 e. The lowest BCUT2D eigenvalue weighted by Crippen LogP contribution is -2.14. The zero-order valence-corrected chi connectivity index (χ0v) is 16.9. The van der Waals surface area contributed by atoms with Crippen LogP contribution in [0.2, 0.25) is 19.1 Å². The molecule has 0 saturated carbocycles. The quantitative estimate of drug-likeness (QED) is 0.0916. The molecule has 0 bridgehead atoms. The van der Waals surface area contributed by atoms with Crippen LogP contribution in [0.25, 0.3) is 0 Å². The number of hydrogen-bond donors (Lipinski definition) is 0. The second kappa shape index (κ2) is 14.4. The molecule has 0 unspecified atom stereocenters. The molecule has 0 spiro atoms. The van der Waals surface area contributed by atoms with E-state index >= 15 is 0 Å². The van der Waals surface area contributed by atoms with Crippen LogP contribution >= 0.6 is 11.1 Å². The maximum absolute atomic E-state index is 6.31. The van der Waals surface area contributed by atoms with E-state index in [0.29, 0.717) is 19.1 Å². The number of nitrogens with zero attached hydrogens (tertiary/aromatic N) is 1. The summed E-state index contributed by atoms with van der Waals surface area (Å²) in [4.78, 5) is 5.20.